The highest BCUT2D eigenvalue weighted by Crippen LogP contribution is 2.35. The number of ether oxygens (including phenoxy) is 2. The average molecular weight is 301 g/mol. The maximum atomic E-state index is 12.2. The van der Waals surface area contributed by atoms with Crippen LogP contribution < -0.4 is 14.8 Å². The predicted molar refractivity (Wildman–Crippen MR) is 89.8 cm³/mol. The number of aryl methyl sites for hydroxylation is 1. The van der Waals surface area contributed by atoms with Gasteiger partial charge >= 0.3 is 0 Å². The number of amides is 1. The Morgan fingerprint density at radius 2 is 1.91 bits per heavy atom. The van der Waals surface area contributed by atoms with Crippen molar-refractivity contribution in [1.29, 1.82) is 0 Å². The molecule has 0 aromatic heterocycles. The smallest absolute Gasteiger partial charge is 0.259 e. The molecule has 0 radical (unpaired) electrons. The van der Waals surface area contributed by atoms with Gasteiger partial charge in [0.05, 0.1) is 5.56 Å². The minimum Gasteiger partial charge on any atom is -0.454 e. The van der Waals surface area contributed by atoms with E-state index in [2.05, 4.69) is 19.2 Å². The normalized spacial score (nSPS) is 11.4. The van der Waals surface area contributed by atoms with E-state index in [1.807, 2.05) is 31.2 Å². The molecule has 1 heterocycles. The van der Waals surface area contributed by atoms with Crippen molar-refractivity contribution >= 4 is 11.6 Å². The molecule has 1 amide bonds. The van der Waals surface area contributed by atoms with Crippen LogP contribution in [-0.4, -0.2) is 12.7 Å². The van der Waals surface area contributed by atoms with Crippen LogP contribution in [0.15, 0.2) is 42.5 Å². The van der Waals surface area contributed by atoms with Gasteiger partial charge in [-0.1, -0.05) is 38.5 Å². The molecule has 1 aliphatic heterocycles. The Hall–Kier alpha value is -2.49. The fourth-order valence-corrected chi connectivity index (χ4v) is 2.03. The standard InChI is InChI=1S/C15H13NO3.C3H8.H2/c1-10-4-2-5-11(8-10)16-15(17)12-6-3-7-13-14(12)19-9-18-13;1-3-2;/h2-8H,9H2,1H3,(H,16,17);3H2,1-2H3;1H. The van der Waals surface area contributed by atoms with E-state index in [9.17, 15) is 4.79 Å². The van der Waals surface area contributed by atoms with Gasteiger partial charge in [-0.15, -0.1) is 0 Å². The summed E-state index contributed by atoms with van der Waals surface area (Å²) >= 11 is 0. The second-order valence-electron chi connectivity index (χ2n) is 5.07. The van der Waals surface area contributed by atoms with E-state index >= 15 is 0 Å². The first-order valence-corrected chi connectivity index (χ1v) is 7.42. The van der Waals surface area contributed by atoms with Gasteiger partial charge in [-0.3, -0.25) is 4.79 Å². The van der Waals surface area contributed by atoms with Gasteiger partial charge < -0.3 is 14.8 Å². The van der Waals surface area contributed by atoms with Crippen molar-refractivity contribution in [2.75, 3.05) is 12.1 Å². The van der Waals surface area contributed by atoms with E-state index in [4.69, 9.17) is 9.47 Å². The Morgan fingerprint density at radius 1 is 1.18 bits per heavy atom. The van der Waals surface area contributed by atoms with Gasteiger partial charge in [0.2, 0.25) is 6.79 Å². The average Bonchev–Trinajstić information content (AvgIpc) is 2.96. The lowest BCUT2D eigenvalue weighted by Gasteiger charge is -2.08. The van der Waals surface area contributed by atoms with Crippen molar-refractivity contribution in [3.8, 4) is 11.5 Å². The molecule has 0 aliphatic carbocycles. The largest absolute Gasteiger partial charge is 0.454 e. The Bertz CT molecular complexity index is 658. The lowest BCUT2D eigenvalue weighted by Crippen LogP contribution is -2.12. The molecule has 0 unspecified atom stereocenters. The third-order valence-corrected chi connectivity index (χ3v) is 2.92. The highest BCUT2D eigenvalue weighted by atomic mass is 16.7. The van der Waals surface area contributed by atoms with Gasteiger partial charge in [-0.25, -0.2) is 0 Å². The Kier molecular flexibility index (Phi) is 5.42. The highest BCUT2D eigenvalue weighted by molar-refractivity contribution is 6.06. The Morgan fingerprint density at radius 3 is 2.64 bits per heavy atom. The van der Waals surface area contributed by atoms with Crippen LogP contribution in [-0.2, 0) is 0 Å². The van der Waals surface area contributed by atoms with E-state index in [-0.39, 0.29) is 14.1 Å². The fourth-order valence-electron chi connectivity index (χ4n) is 2.03. The van der Waals surface area contributed by atoms with Crippen molar-refractivity contribution < 1.29 is 15.7 Å². The van der Waals surface area contributed by atoms with Crippen LogP contribution in [0.25, 0.3) is 0 Å². The molecule has 2 aromatic carbocycles. The molecule has 0 fully saturated rings. The van der Waals surface area contributed by atoms with Gasteiger partial charge in [0.25, 0.3) is 5.91 Å². The topological polar surface area (TPSA) is 47.6 Å². The number of nitrogens with one attached hydrogen (secondary N) is 1. The molecule has 0 spiro atoms. The van der Waals surface area contributed by atoms with E-state index in [0.717, 1.165) is 11.3 Å². The van der Waals surface area contributed by atoms with Crippen molar-refractivity contribution in [1.82, 2.24) is 0 Å². The summed E-state index contributed by atoms with van der Waals surface area (Å²) in [7, 11) is 0. The van der Waals surface area contributed by atoms with Crippen molar-refractivity contribution in [3.63, 3.8) is 0 Å². The number of rotatable bonds is 2. The second-order valence-corrected chi connectivity index (χ2v) is 5.07. The molecule has 2 aromatic rings. The summed E-state index contributed by atoms with van der Waals surface area (Å²) in [6.45, 7) is 6.39. The fraction of sp³-hybridized carbons (Fsp3) is 0.278. The highest BCUT2D eigenvalue weighted by Gasteiger charge is 2.21. The molecule has 0 saturated heterocycles. The number of fused-ring (bicyclic) bond motifs is 1. The molecule has 118 valence electrons. The molecule has 0 atom stereocenters. The number of carbonyl (C=O) groups is 1. The quantitative estimate of drug-likeness (QED) is 0.879. The van der Waals surface area contributed by atoms with Gasteiger partial charge in [-0.05, 0) is 36.8 Å². The summed E-state index contributed by atoms with van der Waals surface area (Å²) in [6.07, 6.45) is 1.25. The van der Waals surface area contributed by atoms with Gasteiger partial charge in [0.15, 0.2) is 11.5 Å². The lowest BCUT2D eigenvalue weighted by atomic mass is 10.1. The monoisotopic (exact) mass is 301 g/mol. The second kappa shape index (κ2) is 7.50. The zero-order valence-electron chi connectivity index (χ0n) is 13.2. The Balaban J connectivity index is 0.000000615. The third-order valence-electron chi connectivity index (χ3n) is 2.92. The van der Waals surface area contributed by atoms with E-state index < -0.39 is 0 Å². The summed E-state index contributed by atoms with van der Waals surface area (Å²) in [4.78, 5) is 12.2. The third kappa shape index (κ3) is 3.79. The van der Waals surface area contributed by atoms with Crippen LogP contribution in [0.1, 0.15) is 37.6 Å². The van der Waals surface area contributed by atoms with Gasteiger partial charge in [-0.2, -0.15) is 0 Å². The summed E-state index contributed by atoms with van der Waals surface area (Å²) in [5.74, 6) is 0.914. The first kappa shape index (κ1) is 15.9. The molecule has 4 heteroatoms. The van der Waals surface area contributed by atoms with Crippen molar-refractivity contribution in [3.05, 3.63) is 53.6 Å². The lowest BCUT2D eigenvalue weighted by molar-refractivity contribution is 0.102. The van der Waals surface area contributed by atoms with Crippen LogP contribution in [0.5, 0.6) is 11.5 Å². The summed E-state index contributed by atoms with van der Waals surface area (Å²) < 4.78 is 10.6. The summed E-state index contributed by atoms with van der Waals surface area (Å²) in [6, 6.07) is 12.9. The molecule has 0 bridgehead atoms. The van der Waals surface area contributed by atoms with Crippen molar-refractivity contribution in [2.45, 2.75) is 27.2 Å². The number of hydrogen-bond donors (Lipinski definition) is 1. The number of anilines is 1. The summed E-state index contributed by atoms with van der Waals surface area (Å²) in [5.41, 5.74) is 2.34. The zero-order valence-corrected chi connectivity index (χ0v) is 13.2. The molecular formula is C18H23NO3. The first-order valence-electron chi connectivity index (χ1n) is 7.42. The summed E-state index contributed by atoms with van der Waals surface area (Å²) in [5, 5.41) is 2.85. The maximum Gasteiger partial charge on any atom is 0.259 e. The Labute approximate surface area is 132 Å². The number of carbonyl (C=O) groups excluding carboxylic acids is 1. The molecule has 1 aliphatic rings. The van der Waals surface area contributed by atoms with Crippen LogP contribution >= 0.6 is 0 Å². The molecular weight excluding hydrogens is 278 g/mol. The van der Waals surface area contributed by atoms with Crippen LogP contribution in [0, 0.1) is 6.92 Å². The molecule has 3 rings (SSSR count). The van der Waals surface area contributed by atoms with E-state index in [1.54, 1.807) is 18.2 Å². The van der Waals surface area contributed by atoms with Crippen LogP contribution in [0.4, 0.5) is 5.69 Å². The van der Waals surface area contributed by atoms with Gasteiger partial charge in [0, 0.05) is 7.11 Å². The number of benzene rings is 2. The van der Waals surface area contributed by atoms with Crippen molar-refractivity contribution in [2.24, 2.45) is 0 Å². The SMILES string of the molecule is CCC.Cc1cccc(NC(=O)c2cccc3c2OCO3)c1.[HH]. The molecule has 1 N–H and O–H groups in total. The number of hydrogen-bond acceptors (Lipinski definition) is 3. The number of para-hydroxylation sites is 1. The predicted octanol–water partition coefficient (Wildman–Crippen LogP) is 4.64. The molecule has 22 heavy (non-hydrogen) atoms. The minimum absolute atomic E-state index is 0. The molecule has 0 saturated carbocycles. The van der Waals surface area contributed by atoms with E-state index in [0.29, 0.717) is 17.1 Å². The zero-order chi connectivity index (χ0) is 15.9. The van der Waals surface area contributed by atoms with Crippen LogP contribution in [0.3, 0.4) is 0 Å². The first-order chi connectivity index (χ1) is 10.7. The molecule has 4 nitrogen and oxygen atoms in total. The minimum atomic E-state index is -0.201. The van der Waals surface area contributed by atoms with Gasteiger partial charge in [0.1, 0.15) is 0 Å². The van der Waals surface area contributed by atoms with E-state index in [1.165, 1.54) is 6.42 Å². The maximum absolute atomic E-state index is 12.2. The van der Waals surface area contributed by atoms with Crippen LogP contribution in [0.2, 0.25) is 0 Å².